The molecule has 0 atom stereocenters. The van der Waals surface area contributed by atoms with Gasteiger partial charge in [0.1, 0.15) is 5.58 Å². The van der Waals surface area contributed by atoms with Crippen molar-refractivity contribution in [2.24, 2.45) is 5.10 Å². The Morgan fingerprint density at radius 3 is 2.16 bits per heavy atom. The first-order chi connectivity index (χ1) is 24.3. The fraction of sp³-hybridized carbons (Fsp3) is 0.205. The summed E-state index contributed by atoms with van der Waals surface area (Å²) in [6.45, 7) is 15.3. The summed E-state index contributed by atoms with van der Waals surface area (Å²) in [4.78, 5) is 6.97. The third-order valence-electron chi connectivity index (χ3n) is 9.60. The molecule has 4 heterocycles. The van der Waals surface area contributed by atoms with Gasteiger partial charge in [-0.1, -0.05) is 98.8 Å². The summed E-state index contributed by atoms with van der Waals surface area (Å²) >= 11 is 0. The average molecular weight is 847 g/mol. The summed E-state index contributed by atoms with van der Waals surface area (Å²) in [5.74, 6) is 0.875. The van der Waals surface area contributed by atoms with Crippen molar-refractivity contribution in [2.75, 3.05) is 5.01 Å². The first-order valence-corrected chi connectivity index (χ1v) is 17.4. The van der Waals surface area contributed by atoms with E-state index in [2.05, 4.69) is 141 Å². The van der Waals surface area contributed by atoms with E-state index in [1.54, 1.807) is 0 Å². The molecule has 0 N–H and O–H groups in total. The van der Waals surface area contributed by atoms with E-state index in [0.29, 0.717) is 17.9 Å². The van der Waals surface area contributed by atoms with Crippen molar-refractivity contribution in [3.8, 4) is 11.3 Å². The van der Waals surface area contributed by atoms with Crippen LogP contribution in [0, 0.1) is 18.8 Å². The zero-order chi connectivity index (χ0) is 34.5. The van der Waals surface area contributed by atoms with Crippen LogP contribution < -0.4 is 5.01 Å². The Kier molecular flexibility index (Phi) is 9.45. The summed E-state index contributed by atoms with van der Waals surface area (Å²) in [7, 11) is 0. The molecule has 3 aromatic heterocycles. The quantitative estimate of drug-likeness (QED) is 0.128. The minimum Gasteiger partial charge on any atom is -0.516 e. The molecule has 0 aliphatic carbocycles. The van der Waals surface area contributed by atoms with E-state index in [0.717, 1.165) is 38.7 Å². The fourth-order valence-corrected chi connectivity index (χ4v) is 7.02. The van der Waals surface area contributed by atoms with Crippen molar-refractivity contribution in [3.63, 3.8) is 0 Å². The van der Waals surface area contributed by atoms with Crippen LogP contribution in [0.4, 0.5) is 5.69 Å². The molecule has 0 spiro atoms. The zero-order valence-electron chi connectivity index (χ0n) is 29.7. The number of anilines is 1. The molecule has 1 aliphatic rings. The maximum Gasteiger partial charge on any atom is 3.00 e. The Hall–Kier alpha value is -4.97. The van der Waals surface area contributed by atoms with Gasteiger partial charge in [0, 0.05) is 28.2 Å². The molecule has 0 saturated carbocycles. The Morgan fingerprint density at radius 1 is 0.725 bits per heavy atom. The molecule has 8 aromatic rings. The normalized spacial score (nSPS) is 13.0. The molecule has 0 bridgehead atoms. The van der Waals surface area contributed by atoms with Gasteiger partial charge in [-0.3, -0.25) is 4.98 Å². The van der Waals surface area contributed by atoms with Gasteiger partial charge in [0.25, 0.3) is 0 Å². The third-order valence-corrected chi connectivity index (χ3v) is 9.60. The minimum absolute atomic E-state index is 0. The summed E-state index contributed by atoms with van der Waals surface area (Å²) in [5, 5.41) is 12.0. The van der Waals surface area contributed by atoms with Crippen molar-refractivity contribution in [1.29, 1.82) is 0 Å². The van der Waals surface area contributed by atoms with Gasteiger partial charge in [-0.05, 0) is 60.4 Å². The Morgan fingerprint density at radius 2 is 1.43 bits per heavy atom. The number of fused-ring (bicyclic) bond motifs is 9. The molecular weight excluding hydrogens is 807 g/mol. The summed E-state index contributed by atoms with van der Waals surface area (Å²) in [5.41, 5.74) is 10.1. The van der Waals surface area contributed by atoms with Gasteiger partial charge in [0.2, 0.25) is 0 Å². The molecule has 0 fully saturated rings. The van der Waals surface area contributed by atoms with Crippen molar-refractivity contribution in [1.82, 2.24) is 14.3 Å². The van der Waals surface area contributed by atoms with Gasteiger partial charge >= 0.3 is 20.1 Å². The molecule has 51 heavy (non-hydrogen) atoms. The smallest absolute Gasteiger partial charge is 0.516 e. The van der Waals surface area contributed by atoms with Gasteiger partial charge in [0.05, 0.1) is 17.7 Å². The number of hydrogen-bond acceptors (Lipinski definition) is 5. The van der Waals surface area contributed by atoms with Crippen molar-refractivity contribution in [3.05, 3.63) is 133 Å². The van der Waals surface area contributed by atoms with Crippen LogP contribution in [0.15, 0.2) is 113 Å². The predicted molar refractivity (Wildman–Crippen MR) is 207 cm³/mol. The predicted octanol–water partition coefficient (Wildman–Crippen LogP) is 11.3. The Bertz CT molecular complexity index is 2520. The molecular formula is C44H40IrN5O. The number of imidazole rings is 1. The van der Waals surface area contributed by atoms with Crippen molar-refractivity contribution < 1.29 is 24.5 Å². The van der Waals surface area contributed by atoms with Gasteiger partial charge < -0.3 is 18.7 Å². The second-order valence-corrected chi connectivity index (χ2v) is 13.8. The van der Waals surface area contributed by atoms with Crippen molar-refractivity contribution >= 4 is 61.3 Å². The average Bonchev–Trinajstić information content (AvgIpc) is 3.89. The van der Waals surface area contributed by atoms with Crippen molar-refractivity contribution in [2.45, 2.75) is 59.4 Å². The monoisotopic (exact) mass is 847 g/mol. The molecule has 1 aliphatic heterocycles. The van der Waals surface area contributed by atoms with E-state index in [4.69, 9.17) is 9.40 Å². The van der Waals surface area contributed by atoms with Crippen LogP contribution in [0.1, 0.15) is 64.5 Å². The zero-order valence-corrected chi connectivity index (χ0v) is 32.1. The maximum absolute atomic E-state index is 5.82. The number of pyridine rings is 1. The standard InChI is InChI=1S/C27H25N2.C17H15N3O.Ir/c1-17(2)19-13-9-14-20(18(3)4)26(19)25-16-28-27-23-12-6-5-10-21(23)22-11-7-8-15-24(22)29(25)27;1-12(2)19-10-18-20(11-19)13-7-8-17-15(9-13)14-5-3-4-6-16(14)21-17;/h5-11,13-18H,1-4H3;3-6,8-12H,1-2H3;/q-1;-2;+3. The molecule has 0 radical (unpaired) electrons. The van der Waals surface area contributed by atoms with Crippen LogP contribution in [-0.4, -0.2) is 26.7 Å². The number of benzene rings is 5. The molecule has 0 saturated heterocycles. The number of para-hydroxylation sites is 2. The van der Waals surface area contributed by atoms with Crippen LogP contribution in [0.5, 0.6) is 0 Å². The van der Waals surface area contributed by atoms with Crippen LogP contribution in [0.3, 0.4) is 0 Å². The largest absolute Gasteiger partial charge is 3.00 e. The third kappa shape index (κ3) is 6.09. The van der Waals surface area contributed by atoms with E-state index in [1.165, 1.54) is 38.7 Å². The number of furan rings is 1. The summed E-state index contributed by atoms with van der Waals surface area (Å²) in [6.07, 6.45) is 3.88. The SMILES string of the molecule is CC(C)N1C=NN(c2[c-]cc3oc4ccccc4c3c2)[CH-]1.CC(C)c1cccc(C(C)C)c1-c1cnc2c3[c-]cccc3c3ccccc3n12.[Ir+3]. The van der Waals surface area contributed by atoms with Gasteiger partial charge in [-0.2, -0.15) is 11.2 Å². The first kappa shape index (κ1) is 34.5. The summed E-state index contributed by atoms with van der Waals surface area (Å²) < 4.78 is 8.16. The van der Waals surface area contributed by atoms with Crippen LogP contribution in [-0.2, 0) is 20.1 Å². The number of aromatic nitrogens is 2. The van der Waals surface area contributed by atoms with E-state index in [-0.39, 0.29) is 20.1 Å². The minimum atomic E-state index is 0. The van der Waals surface area contributed by atoms with E-state index in [1.807, 2.05) is 48.3 Å². The molecule has 5 aromatic carbocycles. The summed E-state index contributed by atoms with van der Waals surface area (Å²) in [6, 6.07) is 40.6. The molecule has 6 nitrogen and oxygen atoms in total. The Balaban J connectivity index is 0.000000164. The van der Waals surface area contributed by atoms with Crippen LogP contribution in [0.25, 0.3) is 60.5 Å². The number of nitrogens with zero attached hydrogens (tertiary/aromatic N) is 5. The molecule has 7 heteroatoms. The molecule has 0 amide bonds. The fourth-order valence-electron chi connectivity index (χ4n) is 7.02. The number of rotatable bonds is 5. The Labute approximate surface area is 312 Å². The van der Waals surface area contributed by atoms with E-state index >= 15 is 0 Å². The van der Waals surface area contributed by atoms with Gasteiger partial charge in [0.15, 0.2) is 0 Å². The second-order valence-electron chi connectivity index (χ2n) is 13.8. The maximum atomic E-state index is 5.82. The van der Waals surface area contributed by atoms with E-state index < -0.39 is 0 Å². The molecule has 256 valence electrons. The van der Waals surface area contributed by atoms with Gasteiger partial charge in [-0.25, -0.2) is 0 Å². The van der Waals surface area contributed by atoms with E-state index in [9.17, 15) is 0 Å². The van der Waals surface area contributed by atoms with Crippen LogP contribution in [0.2, 0.25) is 0 Å². The first-order valence-electron chi connectivity index (χ1n) is 17.4. The molecule has 0 unspecified atom stereocenters. The molecule has 9 rings (SSSR count). The number of hydrogen-bond donors (Lipinski definition) is 0. The van der Waals surface area contributed by atoms with Crippen LogP contribution >= 0.6 is 0 Å². The van der Waals surface area contributed by atoms with Gasteiger partial charge in [-0.15, -0.1) is 48.5 Å². The topological polar surface area (TPSA) is 49.3 Å². The second kappa shape index (κ2) is 14.0. The number of hydrazone groups is 1.